The number of unbranched alkanes of at least 4 members (excludes halogenated alkanes) is 1. The highest BCUT2D eigenvalue weighted by molar-refractivity contribution is 5.84. The zero-order valence-electron chi connectivity index (χ0n) is 10.7. The van der Waals surface area contributed by atoms with Crippen molar-refractivity contribution in [3.63, 3.8) is 0 Å². The van der Waals surface area contributed by atoms with E-state index < -0.39 is 0 Å². The first-order chi connectivity index (χ1) is 8.24. The highest BCUT2D eigenvalue weighted by Gasteiger charge is 2.12. The van der Waals surface area contributed by atoms with Gasteiger partial charge in [-0.05, 0) is 30.7 Å². The van der Waals surface area contributed by atoms with Gasteiger partial charge < -0.3 is 0 Å². The van der Waals surface area contributed by atoms with Crippen molar-refractivity contribution >= 4 is 10.8 Å². The van der Waals surface area contributed by atoms with Gasteiger partial charge in [0.1, 0.15) is 7.05 Å². The van der Waals surface area contributed by atoms with Crippen LogP contribution in [0.4, 0.5) is 0 Å². The van der Waals surface area contributed by atoms with E-state index in [1.807, 2.05) is 6.08 Å². The number of benzene rings is 1. The minimum atomic E-state index is 1.09. The van der Waals surface area contributed by atoms with E-state index in [4.69, 9.17) is 0 Å². The molecule has 0 N–H and O–H groups in total. The van der Waals surface area contributed by atoms with E-state index in [1.54, 1.807) is 0 Å². The maximum absolute atomic E-state index is 3.79. The molecule has 1 aromatic carbocycles. The van der Waals surface area contributed by atoms with E-state index in [2.05, 4.69) is 55.6 Å². The van der Waals surface area contributed by atoms with Crippen LogP contribution < -0.4 is 4.57 Å². The quantitative estimate of drug-likeness (QED) is 0.427. The average Bonchev–Trinajstić information content (AvgIpc) is 2.34. The second kappa shape index (κ2) is 5.13. The van der Waals surface area contributed by atoms with Crippen LogP contribution in [0.3, 0.4) is 0 Å². The van der Waals surface area contributed by atoms with Crippen LogP contribution in [0.15, 0.2) is 43.1 Å². The predicted octanol–water partition coefficient (Wildman–Crippen LogP) is 3.48. The van der Waals surface area contributed by atoms with Gasteiger partial charge in [0, 0.05) is 17.9 Å². The number of allylic oxidation sites excluding steroid dienone is 1. The maximum Gasteiger partial charge on any atom is 0.181 e. The Bertz CT molecular complexity index is 540. The second-order valence-electron chi connectivity index (χ2n) is 4.57. The average molecular weight is 226 g/mol. The van der Waals surface area contributed by atoms with Crippen molar-refractivity contribution in [2.75, 3.05) is 0 Å². The standard InChI is InChI=1S/C16H20N/c1-4-5-6-10-15-13(2)17(3)12-14-9-7-8-11-16(14)15/h4,7-9,11-12H,1,5-6,10H2,2-3H3/q+1. The number of nitrogens with zero attached hydrogens (tertiary/aromatic N) is 1. The molecule has 0 saturated carbocycles. The highest BCUT2D eigenvalue weighted by atomic mass is 14.9. The fourth-order valence-corrected chi connectivity index (χ4v) is 2.34. The first-order valence-corrected chi connectivity index (χ1v) is 6.22. The van der Waals surface area contributed by atoms with E-state index in [0.717, 1.165) is 12.8 Å². The molecule has 0 aliphatic carbocycles. The van der Waals surface area contributed by atoms with Crippen LogP contribution in [0.1, 0.15) is 24.1 Å². The van der Waals surface area contributed by atoms with Crippen LogP contribution >= 0.6 is 0 Å². The molecule has 1 nitrogen and oxygen atoms in total. The lowest BCUT2D eigenvalue weighted by Crippen LogP contribution is -2.32. The molecule has 2 aromatic rings. The fraction of sp³-hybridized carbons (Fsp3) is 0.312. The molecule has 0 fully saturated rings. The monoisotopic (exact) mass is 226 g/mol. The van der Waals surface area contributed by atoms with Gasteiger partial charge in [0.25, 0.3) is 0 Å². The van der Waals surface area contributed by atoms with Crippen molar-refractivity contribution in [3.8, 4) is 0 Å². The number of rotatable bonds is 4. The Hall–Kier alpha value is -1.63. The molecule has 0 atom stereocenters. The summed E-state index contributed by atoms with van der Waals surface area (Å²) < 4.78 is 2.23. The summed E-state index contributed by atoms with van der Waals surface area (Å²) >= 11 is 0. The fourth-order valence-electron chi connectivity index (χ4n) is 2.34. The molecule has 0 saturated heterocycles. The Kier molecular flexibility index (Phi) is 3.58. The normalized spacial score (nSPS) is 10.7. The lowest BCUT2D eigenvalue weighted by Gasteiger charge is -2.08. The van der Waals surface area contributed by atoms with Crippen molar-refractivity contribution in [1.29, 1.82) is 0 Å². The summed E-state index contributed by atoms with van der Waals surface area (Å²) in [6.07, 6.45) is 7.61. The Balaban J connectivity index is 2.49. The van der Waals surface area contributed by atoms with Crippen LogP contribution in [0.5, 0.6) is 0 Å². The van der Waals surface area contributed by atoms with Crippen LogP contribution in [0.25, 0.3) is 10.8 Å². The number of hydrogen-bond donors (Lipinski definition) is 0. The molecule has 0 bridgehead atoms. The molecule has 0 radical (unpaired) electrons. The molecule has 17 heavy (non-hydrogen) atoms. The zero-order chi connectivity index (χ0) is 12.3. The van der Waals surface area contributed by atoms with Crippen LogP contribution in [0.2, 0.25) is 0 Å². The van der Waals surface area contributed by atoms with Crippen LogP contribution in [-0.4, -0.2) is 0 Å². The summed E-state index contributed by atoms with van der Waals surface area (Å²) in [7, 11) is 2.12. The topological polar surface area (TPSA) is 3.88 Å². The van der Waals surface area contributed by atoms with E-state index >= 15 is 0 Å². The zero-order valence-corrected chi connectivity index (χ0v) is 10.7. The van der Waals surface area contributed by atoms with Gasteiger partial charge in [0.15, 0.2) is 11.9 Å². The maximum atomic E-state index is 3.79. The molecular weight excluding hydrogens is 206 g/mol. The van der Waals surface area contributed by atoms with Gasteiger partial charge in [0.05, 0.1) is 0 Å². The number of pyridine rings is 1. The van der Waals surface area contributed by atoms with E-state index in [0.29, 0.717) is 0 Å². The third kappa shape index (κ3) is 2.38. The largest absolute Gasteiger partial charge is 0.205 e. The smallest absolute Gasteiger partial charge is 0.181 e. The molecule has 88 valence electrons. The van der Waals surface area contributed by atoms with Gasteiger partial charge in [-0.25, -0.2) is 4.57 Å². The first-order valence-electron chi connectivity index (χ1n) is 6.22. The Labute approximate surface area is 103 Å². The minimum absolute atomic E-state index is 1.09. The Morgan fingerprint density at radius 2 is 2.06 bits per heavy atom. The first kappa shape index (κ1) is 11.8. The Morgan fingerprint density at radius 1 is 1.29 bits per heavy atom. The van der Waals surface area contributed by atoms with E-state index in [9.17, 15) is 0 Å². The summed E-state index contributed by atoms with van der Waals surface area (Å²) in [4.78, 5) is 0. The van der Waals surface area contributed by atoms with Gasteiger partial charge in [-0.2, -0.15) is 0 Å². The molecular formula is C16H20N+. The van der Waals surface area contributed by atoms with Crippen molar-refractivity contribution in [2.45, 2.75) is 26.2 Å². The van der Waals surface area contributed by atoms with Crippen molar-refractivity contribution in [2.24, 2.45) is 7.05 Å². The lowest BCUT2D eigenvalue weighted by molar-refractivity contribution is -0.676. The van der Waals surface area contributed by atoms with E-state index in [1.165, 1.54) is 28.5 Å². The van der Waals surface area contributed by atoms with Gasteiger partial charge in [-0.3, -0.25) is 0 Å². The molecule has 0 spiro atoms. The molecule has 0 unspecified atom stereocenters. The molecule has 2 rings (SSSR count). The molecule has 1 heteroatoms. The minimum Gasteiger partial charge on any atom is -0.205 e. The van der Waals surface area contributed by atoms with Crippen molar-refractivity contribution in [1.82, 2.24) is 0 Å². The summed E-state index contributed by atoms with van der Waals surface area (Å²) in [6.45, 7) is 5.99. The van der Waals surface area contributed by atoms with Crippen molar-refractivity contribution < 1.29 is 4.57 Å². The third-order valence-electron chi connectivity index (χ3n) is 3.42. The second-order valence-corrected chi connectivity index (χ2v) is 4.57. The van der Waals surface area contributed by atoms with Gasteiger partial charge in [-0.15, -0.1) is 6.58 Å². The molecule has 1 aromatic heterocycles. The molecule has 0 amide bonds. The number of aromatic nitrogens is 1. The summed E-state index contributed by atoms with van der Waals surface area (Å²) in [5.41, 5.74) is 2.85. The van der Waals surface area contributed by atoms with Gasteiger partial charge in [0.2, 0.25) is 0 Å². The predicted molar refractivity (Wildman–Crippen MR) is 73.0 cm³/mol. The summed E-state index contributed by atoms with van der Waals surface area (Å²) in [6, 6.07) is 8.64. The number of aryl methyl sites for hydroxylation is 2. The molecule has 1 heterocycles. The number of fused-ring (bicyclic) bond motifs is 1. The Morgan fingerprint density at radius 3 is 2.82 bits per heavy atom. The summed E-state index contributed by atoms with van der Waals surface area (Å²) in [5.74, 6) is 0. The molecule has 0 aliphatic heterocycles. The van der Waals surface area contributed by atoms with Gasteiger partial charge >= 0.3 is 0 Å². The van der Waals surface area contributed by atoms with E-state index in [-0.39, 0.29) is 0 Å². The lowest BCUT2D eigenvalue weighted by atomic mass is 9.99. The molecule has 0 aliphatic rings. The van der Waals surface area contributed by atoms with Crippen LogP contribution in [0, 0.1) is 6.92 Å². The summed E-state index contributed by atoms with van der Waals surface area (Å²) in [5, 5.41) is 2.72. The highest BCUT2D eigenvalue weighted by Crippen LogP contribution is 2.21. The number of hydrogen-bond acceptors (Lipinski definition) is 0. The SMILES string of the molecule is C=CCCCc1c(C)[n+](C)cc2ccccc12. The van der Waals surface area contributed by atoms with Gasteiger partial charge in [-0.1, -0.05) is 24.3 Å². The third-order valence-corrected chi connectivity index (χ3v) is 3.42. The van der Waals surface area contributed by atoms with Crippen LogP contribution in [-0.2, 0) is 13.5 Å². The van der Waals surface area contributed by atoms with Crippen molar-refractivity contribution in [3.05, 3.63) is 54.4 Å².